The van der Waals surface area contributed by atoms with E-state index >= 15 is 0 Å². The lowest BCUT2D eigenvalue weighted by Crippen LogP contribution is -2.41. The van der Waals surface area contributed by atoms with E-state index < -0.39 is 7.12 Å². The summed E-state index contributed by atoms with van der Waals surface area (Å²) in [5, 5.41) is 0. The molecule has 1 heterocycles. The molecule has 0 aromatic heterocycles. The minimum atomic E-state index is -0.407. The molecule has 1 aliphatic carbocycles. The van der Waals surface area contributed by atoms with Crippen molar-refractivity contribution in [3.8, 4) is 11.1 Å². The Labute approximate surface area is 263 Å². The highest BCUT2D eigenvalue weighted by molar-refractivity contribution is 6.62. The monoisotopic (exact) mass is 579 g/mol. The summed E-state index contributed by atoms with van der Waals surface area (Å²) in [5.74, 6) is 0. The average molecular weight is 580 g/mol. The van der Waals surface area contributed by atoms with Crippen molar-refractivity contribution in [2.45, 2.75) is 65.1 Å². The van der Waals surface area contributed by atoms with Crippen molar-refractivity contribution in [1.82, 2.24) is 0 Å². The quantitative estimate of drug-likeness (QED) is 0.161. The van der Waals surface area contributed by atoms with Crippen LogP contribution >= 0.6 is 0 Å². The molecule has 0 saturated carbocycles. The molecule has 222 valence electrons. The molecule has 4 aromatic rings. The molecule has 0 atom stereocenters. The van der Waals surface area contributed by atoms with Crippen LogP contribution in [0.5, 0.6) is 0 Å². The number of hydrogen-bond donors (Lipinski definition) is 0. The number of rotatable bonds is 7. The van der Waals surface area contributed by atoms with E-state index in [0.29, 0.717) is 0 Å². The summed E-state index contributed by atoms with van der Waals surface area (Å²) in [6.45, 7) is 15.1. The Hall–Kier alpha value is -4.12. The van der Waals surface area contributed by atoms with Crippen molar-refractivity contribution in [2.24, 2.45) is 0 Å². The van der Waals surface area contributed by atoms with Crippen LogP contribution in [0, 0.1) is 0 Å². The lowest BCUT2D eigenvalue weighted by Gasteiger charge is -2.32. The Balaban J connectivity index is 1.48. The van der Waals surface area contributed by atoms with Crippen molar-refractivity contribution in [1.29, 1.82) is 0 Å². The number of nitrogens with zero attached hydrogens (tertiary/aromatic N) is 1. The summed E-state index contributed by atoms with van der Waals surface area (Å²) >= 11 is 0. The Morgan fingerprint density at radius 3 is 1.95 bits per heavy atom. The third kappa shape index (κ3) is 5.38. The summed E-state index contributed by atoms with van der Waals surface area (Å²) in [4.78, 5) is 2.35. The first-order valence-corrected chi connectivity index (χ1v) is 15.6. The molecule has 0 bridgehead atoms. The number of anilines is 2. The zero-order valence-electron chi connectivity index (χ0n) is 27.0. The Kier molecular flexibility index (Phi) is 7.77. The molecule has 1 fully saturated rings. The molecule has 0 N–H and O–H groups in total. The fraction of sp³-hybridized carbons (Fsp3) is 0.250. The minimum Gasteiger partial charge on any atom is -0.399 e. The third-order valence-corrected chi connectivity index (χ3v) is 9.44. The third-order valence-electron chi connectivity index (χ3n) is 9.44. The molecule has 0 spiro atoms. The van der Waals surface area contributed by atoms with E-state index in [2.05, 4.69) is 174 Å². The Morgan fingerprint density at radius 2 is 1.27 bits per heavy atom. The van der Waals surface area contributed by atoms with E-state index in [4.69, 9.17) is 9.31 Å². The maximum Gasteiger partial charge on any atom is 0.494 e. The first-order valence-electron chi connectivity index (χ1n) is 15.6. The van der Waals surface area contributed by atoms with Gasteiger partial charge in [0.15, 0.2) is 0 Å². The predicted molar refractivity (Wildman–Crippen MR) is 187 cm³/mol. The van der Waals surface area contributed by atoms with Gasteiger partial charge in [0.1, 0.15) is 0 Å². The van der Waals surface area contributed by atoms with Crippen LogP contribution in [0.3, 0.4) is 0 Å². The highest BCUT2D eigenvalue weighted by Gasteiger charge is 2.51. The van der Waals surface area contributed by atoms with E-state index in [1.54, 1.807) is 0 Å². The SMILES string of the molecule is C/C=C\C=C/C(=Cc1ccccc1)N(c1ccc(B2OC(C)(C)C(C)(C)O2)cc1)c1ccc2c(c1)C(C)(C)c1ccccc1-2. The molecule has 1 saturated heterocycles. The largest absolute Gasteiger partial charge is 0.494 e. The van der Waals surface area contributed by atoms with Crippen molar-refractivity contribution in [3.63, 3.8) is 0 Å². The maximum atomic E-state index is 6.37. The number of benzene rings is 4. The van der Waals surface area contributed by atoms with Gasteiger partial charge in [-0.3, -0.25) is 0 Å². The standard InChI is InChI=1S/C40H42BNO2/c1-8-9-11-18-32(27-29-16-12-10-13-17-29)42(31-23-21-30(22-24-31)41-43-39(4,5)40(6,7)44-41)33-25-26-35-34-19-14-15-20-36(34)38(2,3)37(35)28-33/h8-28H,1-7H3/b9-8-,18-11-,32-27?. The molecule has 6 rings (SSSR count). The van der Waals surface area contributed by atoms with Gasteiger partial charge < -0.3 is 14.2 Å². The summed E-state index contributed by atoms with van der Waals surface area (Å²) < 4.78 is 12.7. The topological polar surface area (TPSA) is 21.7 Å². The number of allylic oxidation sites excluding steroid dienone is 4. The lowest BCUT2D eigenvalue weighted by atomic mass is 9.79. The second-order valence-electron chi connectivity index (χ2n) is 13.3. The first-order chi connectivity index (χ1) is 21.0. The fourth-order valence-corrected chi connectivity index (χ4v) is 6.21. The molecule has 4 heteroatoms. The predicted octanol–water partition coefficient (Wildman–Crippen LogP) is 9.60. The minimum absolute atomic E-state index is 0.0989. The van der Waals surface area contributed by atoms with Gasteiger partial charge in [-0.05, 0) is 104 Å². The van der Waals surface area contributed by atoms with Gasteiger partial charge in [0.05, 0.1) is 11.2 Å². The van der Waals surface area contributed by atoms with Crippen LogP contribution in [0.4, 0.5) is 11.4 Å². The van der Waals surface area contributed by atoms with Gasteiger partial charge in [-0.2, -0.15) is 0 Å². The lowest BCUT2D eigenvalue weighted by molar-refractivity contribution is 0.00578. The molecule has 0 amide bonds. The zero-order chi connectivity index (χ0) is 31.1. The zero-order valence-corrected chi connectivity index (χ0v) is 27.0. The highest BCUT2D eigenvalue weighted by atomic mass is 16.7. The van der Waals surface area contributed by atoms with Crippen LogP contribution in [-0.4, -0.2) is 18.3 Å². The summed E-state index contributed by atoms with van der Waals surface area (Å²) in [7, 11) is -0.407. The van der Waals surface area contributed by atoms with Gasteiger partial charge in [0.2, 0.25) is 0 Å². The first kappa shape index (κ1) is 29.9. The van der Waals surface area contributed by atoms with Gasteiger partial charge in [-0.15, -0.1) is 0 Å². The van der Waals surface area contributed by atoms with Gasteiger partial charge in [-0.25, -0.2) is 0 Å². The van der Waals surface area contributed by atoms with Gasteiger partial charge in [0, 0.05) is 22.5 Å². The van der Waals surface area contributed by atoms with Crippen LogP contribution in [0.1, 0.15) is 65.2 Å². The van der Waals surface area contributed by atoms with E-state index in [1.807, 2.05) is 6.92 Å². The van der Waals surface area contributed by atoms with Crippen molar-refractivity contribution in [2.75, 3.05) is 4.90 Å². The average Bonchev–Trinajstić information content (AvgIpc) is 3.37. The molecular formula is C40H42BNO2. The second kappa shape index (κ2) is 11.4. The van der Waals surface area contributed by atoms with E-state index in [-0.39, 0.29) is 16.6 Å². The van der Waals surface area contributed by atoms with Gasteiger partial charge >= 0.3 is 7.12 Å². The highest BCUT2D eigenvalue weighted by Crippen LogP contribution is 2.50. The molecule has 3 nitrogen and oxygen atoms in total. The van der Waals surface area contributed by atoms with Crippen LogP contribution < -0.4 is 10.4 Å². The summed E-state index contributed by atoms with van der Waals surface area (Å²) in [6, 6.07) is 34.8. The molecular weight excluding hydrogens is 537 g/mol. The van der Waals surface area contributed by atoms with E-state index in [9.17, 15) is 0 Å². The molecule has 2 aliphatic rings. The Bertz CT molecular complexity index is 1730. The van der Waals surface area contributed by atoms with Crippen LogP contribution in [0.25, 0.3) is 17.2 Å². The molecule has 44 heavy (non-hydrogen) atoms. The molecule has 4 aromatic carbocycles. The van der Waals surface area contributed by atoms with Gasteiger partial charge in [-0.1, -0.05) is 105 Å². The molecule has 0 radical (unpaired) electrons. The number of fused-ring (bicyclic) bond motifs is 3. The van der Waals surface area contributed by atoms with E-state index in [1.165, 1.54) is 22.3 Å². The van der Waals surface area contributed by atoms with Crippen LogP contribution in [0.15, 0.2) is 127 Å². The van der Waals surface area contributed by atoms with Crippen LogP contribution in [-0.2, 0) is 14.7 Å². The maximum absolute atomic E-state index is 6.37. The summed E-state index contributed by atoms with van der Waals surface area (Å²) in [6.07, 6.45) is 10.7. The summed E-state index contributed by atoms with van der Waals surface area (Å²) in [5.41, 5.74) is 9.85. The smallest absolute Gasteiger partial charge is 0.399 e. The Morgan fingerprint density at radius 1 is 0.659 bits per heavy atom. The van der Waals surface area contributed by atoms with Crippen molar-refractivity contribution < 1.29 is 9.31 Å². The number of hydrogen-bond acceptors (Lipinski definition) is 3. The van der Waals surface area contributed by atoms with E-state index in [0.717, 1.165) is 28.1 Å². The molecule has 1 aliphatic heterocycles. The van der Waals surface area contributed by atoms with Gasteiger partial charge in [0.25, 0.3) is 0 Å². The second-order valence-corrected chi connectivity index (χ2v) is 13.3. The normalized spacial score (nSPS) is 18.2. The van der Waals surface area contributed by atoms with Crippen molar-refractivity contribution >= 4 is 30.0 Å². The van der Waals surface area contributed by atoms with Crippen LogP contribution in [0.2, 0.25) is 0 Å². The molecule has 0 unspecified atom stereocenters. The van der Waals surface area contributed by atoms with Crippen molar-refractivity contribution in [3.05, 3.63) is 144 Å². The fourth-order valence-electron chi connectivity index (χ4n) is 6.21.